The number of halogens is 1. The number of benzene rings is 2. The Labute approximate surface area is 153 Å². The lowest BCUT2D eigenvalue weighted by Gasteiger charge is -2.19. The van der Waals surface area contributed by atoms with Gasteiger partial charge in [-0.05, 0) is 60.7 Å². The summed E-state index contributed by atoms with van der Waals surface area (Å²) >= 11 is 6.23. The molecule has 2 aromatic carbocycles. The zero-order valence-corrected chi connectivity index (χ0v) is 15.3. The molecular weight excluding hydrogens is 336 g/mol. The molecule has 1 N–H and O–H groups in total. The Balaban J connectivity index is 1.87. The third-order valence-electron chi connectivity index (χ3n) is 4.01. The number of nitrogens with zero attached hydrogens (tertiary/aromatic N) is 3. The standard InChI is InChI=1S/C19H23ClN4O/c1-14(10-17-6-3-4-9-19(17)20)12-22-15(2)16-7-5-8-18(11-16)25-13-23-24-21/h3-9,11,14-15,22H,10,12-13H2,1-2H3/t14-,15-/m0/s1. The van der Waals surface area contributed by atoms with Crippen molar-refractivity contribution in [1.29, 1.82) is 0 Å². The second-order valence-corrected chi connectivity index (χ2v) is 6.51. The summed E-state index contributed by atoms with van der Waals surface area (Å²) in [5.74, 6) is 1.16. The van der Waals surface area contributed by atoms with Crippen LogP contribution in [-0.4, -0.2) is 13.3 Å². The van der Waals surface area contributed by atoms with Gasteiger partial charge in [0.05, 0.1) is 0 Å². The van der Waals surface area contributed by atoms with Crippen LogP contribution in [0, 0.1) is 5.92 Å². The number of nitrogens with one attached hydrogen (secondary N) is 1. The van der Waals surface area contributed by atoms with Gasteiger partial charge in [-0.1, -0.05) is 54.0 Å². The van der Waals surface area contributed by atoms with Gasteiger partial charge in [-0.2, -0.15) is 0 Å². The molecule has 0 amide bonds. The fraction of sp³-hybridized carbons (Fsp3) is 0.368. The third-order valence-corrected chi connectivity index (χ3v) is 4.38. The van der Waals surface area contributed by atoms with Crippen LogP contribution < -0.4 is 10.1 Å². The number of ether oxygens (including phenoxy) is 1. The zero-order valence-electron chi connectivity index (χ0n) is 14.5. The molecule has 0 radical (unpaired) electrons. The first-order valence-electron chi connectivity index (χ1n) is 8.30. The van der Waals surface area contributed by atoms with E-state index >= 15 is 0 Å². The van der Waals surface area contributed by atoms with Crippen LogP contribution in [0.15, 0.2) is 53.6 Å². The fourth-order valence-electron chi connectivity index (χ4n) is 2.61. The molecule has 132 valence electrons. The van der Waals surface area contributed by atoms with Gasteiger partial charge in [-0.25, -0.2) is 0 Å². The van der Waals surface area contributed by atoms with Gasteiger partial charge in [-0.3, -0.25) is 0 Å². The van der Waals surface area contributed by atoms with E-state index in [4.69, 9.17) is 21.9 Å². The number of hydrogen-bond acceptors (Lipinski definition) is 3. The highest BCUT2D eigenvalue weighted by molar-refractivity contribution is 6.31. The van der Waals surface area contributed by atoms with Crippen LogP contribution in [0.1, 0.15) is 31.0 Å². The first kappa shape index (κ1) is 19.1. The summed E-state index contributed by atoms with van der Waals surface area (Å²) in [4.78, 5) is 2.68. The maximum atomic E-state index is 8.29. The van der Waals surface area contributed by atoms with Crippen LogP contribution in [0.4, 0.5) is 0 Å². The molecule has 0 aliphatic carbocycles. The van der Waals surface area contributed by atoms with Crippen molar-refractivity contribution < 1.29 is 4.74 Å². The quantitative estimate of drug-likeness (QED) is 0.364. The molecule has 0 aliphatic rings. The van der Waals surface area contributed by atoms with Gasteiger partial charge in [0, 0.05) is 16.0 Å². The predicted octanol–water partition coefficient (Wildman–Crippen LogP) is 5.52. The van der Waals surface area contributed by atoms with Gasteiger partial charge in [0.25, 0.3) is 0 Å². The van der Waals surface area contributed by atoms with E-state index in [1.807, 2.05) is 36.4 Å². The van der Waals surface area contributed by atoms with E-state index in [-0.39, 0.29) is 12.8 Å². The Bertz CT molecular complexity index is 731. The molecule has 0 aliphatic heterocycles. The van der Waals surface area contributed by atoms with Crippen molar-refractivity contribution >= 4 is 11.6 Å². The summed E-state index contributed by atoms with van der Waals surface area (Å²) in [6, 6.07) is 16.0. The second kappa shape index (κ2) is 9.94. The summed E-state index contributed by atoms with van der Waals surface area (Å²) in [5, 5.41) is 7.76. The highest BCUT2D eigenvalue weighted by Crippen LogP contribution is 2.21. The molecule has 2 atom stereocenters. The summed E-state index contributed by atoms with van der Waals surface area (Å²) in [6.45, 7) is 5.21. The van der Waals surface area contributed by atoms with Gasteiger partial charge >= 0.3 is 0 Å². The molecule has 25 heavy (non-hydrogen) atoms. The Morgan fingerprint density at radius 1 is 1.20 bits per heavy atom. The summed E-state index contributed by atoms with van der Waals surface area (Å²) in [7, 11) is 0. The zero-order chi connectivity index (χ0) is 18.1. The van der Waals surface area contributed by atoms with Crippen LogP contribution in [0.5, 0.6) is 5.75 Å². The average Bonchev–Trinajstić information content (AvgIpc) is 2.62. The number of hydrogen-bond donors (Lipinski definition) is 1. The van der Waals surface area contributed by atoms with E-state index in [0.29, 0.717) is 11.7 Å². The first-order chi connectivity index (χ1) is 12.1. The van der Waals surface area contributed by atoms with Crippen molar-refractivity contribution in [3.05, 3.63) is 75.1 Å². The molecule has 0 spiro atoms. The molecule has 0 aromatic heterocycles. The SMILES string of the molecule is C[C@H](CN[C@@H](C)c1cccc(OCN=[N+]=[N-])c1)Cc1ccccc1Cl. The van der Waals surface area contributed by atoms with E-state index in [2.05, 4.69) is 41.3 Å². The van der Waals surface area contributed by atoms with E-state index in [1.54, 1.807) is 0 Å². The first-order valence-corrected chi connectivity index (χ1v) is 8.68. The molecule has 0 saturated carbocycles. The fourth-order valence-corrected chi connectivity index (χ4v) is 2.82. The van der Waals surface area contributed by atoms with Crippen LogP contribution >= 0.6 is 11.6 Å². The van der Waals surface area contributed by atoms with Crippen molar-refractivity contribution in [1.82, 2.24) is 5.32 Å². The largest absolute Gasteiger partial charge is 0.488 e. The minimum absolute atomic E-state index is 0.00334. The molecule has 0 bridgehead atoms. The Morgan fingerprint density at radius 3 is 2.76 bits per heavy atom. The Kier molecular flexibility index (Phi) is 7.61. The molecular formula is C19H23ClN4O. The van der Waals surface area contributed by atoms with Gasteiger partial charge in [-0.15, -0.1) is 0 Å². The highest BCUT2D eigenvalue weighted by atomic mass is 35.5. The summed E-state index contributed by atoms with van der Waals surface area (Å²) in [6.07, 6.45) is 0.939. The van der Waals surface area contributed by atoms with Gasteiger partial charge in [0.15, 0.2) is 6.73 Å². The molecule has 0 unspecified atom stereocenters. The van der Waals surface area contributed by atoms with Gasteiger partial charge < -0.3 is 10.1 Å². The third kappa shape index (κ3) is 6.31. The highest BCUT2D eigenvalue weighted by Gasteiger charge is 2.10. The summed E-state index contributed by atoms with van der Waals surface area (Å²) in [5.41, 5.74) is 10.6. The number of rotatable bonds is 9. The van der Waals surface area contributed by atoms with Gasteiger partial charge in [0.1, 0.15) is 5.75 Å². The smallest absolute Gasteiger partial charge is 0.167 e. The Hall–Kier alpha value is -2.20. The molecule has 0 saturated heterocycles. The average molecular weight is 359 g/mol. The van der Waals surface area contributed by atoms with Crippen molar-refractivity contribution in [3.8, 4) is 5.75 Å². The Morgan fingerprint density at radius 2 is 2.00 bits per heavy atom. The lowest BCUT2D eigenvalue weighted by atomic mass is 10.00. The van der Waals surface area contributed by atoms with Crippen molar-refractivity contribution in [3.63, 3.8) is 0 Å². The molecule has 0 heterocycles. The molecule has 2 rings (SSSR count). The van der Waals surface area contributed by atoms with Crippen LogP contribution in [0.2, 0.25) is 5.02 Å². The van der Waals surface area contributed by atoms with E-state index in [0.717, 1.165) is 23.6 Å². The predicted molar refractivity (Wildman–Crippen MR) is 102 cm³/mol. The van der Waals surface area contributed by atoms with Crippen molar-refractivity contribution in [2.75, 3.05) is 13.3 Å². The van der Waals surface area contributed by atoms with Crippen molar-refractivity contribution in [2.45, 2.75) is 26.3 Å². The summed E-state index contributed by atoms with van der Waals surface area (Å²) < 4.78 is 5.39. The normalized spacial score (nSPS) is 12.9. The molecule has 5 nitrogen and oxygen atoms in total. The monoisotopic (exact) mass is 358 g/mol. The maximum absolute atomic E-state index is 8.29. The molecule has 2 aromatic rings. The maximum Gasteiger partial charge on any atom is 0.167 e. The van der Waals surface area contributed by atoms with Crippen molar-refractivity contribution in [2.24, 2.45) is 11.0 Å². The lowest BCUT2D eigenvalue weighted by Crippen LogP contribution is -2.25. The van der Waals surface area contributed by atoms with Gasteiger partial charge in [0.2, 0.25) is 0 Å². The number of azide groups is 1. The minimum Gasteiger partial charge on any atom is -0.488 e. The van der Waals surface area contributed by atoms with Crippen LogP contribution in [0.25, 0.3) is 10.4 Å². The second-order valence-electron chi connectivity index (χ2n) is 6.11. The van der Waals surface area contributed by atoms with Crippen LogP contribution in [-0.2, 0) is 6.42 Å². The molecule has 6 heteroatoms. The van der Waals surface area contributed by atoms with E-state index < -0.39 is 0 Å². The molecule has 0 fully saturated rings. The van der Waals surface area contributed by atoms with E-state index in [1.165, 1.54) is 5.56 Å². The van der Waals surface area contributed by atoms with Crippen LogP contribution in [0.3, 0.4) is 0 Å². The minimum atomic E-state index is -0.00334. The lowest BCUT2D eigenvalue weighted by molar-refractivity contribution is 0.328. The van der Waals surface area contributed by atoms with E-state index in [9.17, 15) is 0 Å². The topological polar surface area (TPSA) is 70.0 Å².